The molecule has 0 atom stereocenters. The van der Waals surface area contributed by atoms with Gasteiger partial charge in [0, 0.05) is 62.8 Å². The summed E-state index contributed by atoms with van der Waals surface area (Å²) in [4.78, 5) is 39.1. The van der Waals surface area contributed by atoms with Crippen molar-refractivity contribution < 1.29 is 9.59 Å². The Kier molecular flexibility index (Phi) is 5.00. The summed E-state index contributed by atoms with van der Waals surface area (Å²) in [5, 5.41) is 0. The number of benzene rings is 1. The van der Waals surface area contributed by atoms with Crippen LogP contribution in [-0.4, -0.2) is 59.4 Å². The van der Waals surface area contributed by atoms with E-state index < -0.39 is 0 Å². The van der Waals surface area contributed by atoms with Gasteiger partial charge >= 0.3 is 0 Å². The van der Waals surface area contributed by atoms with Gasteiger partial charge in [0.1, 0.15) is 0 Å². The molecule has 0 saturated carbocycles. The zero-order chi connectivity index (χ0) is 18.6. The Balaban J connectivity index is 1.38. The molecule has 4 rings (SSSR count). The molecule has 7 heteroatoms. The topological polar surface area (TPSA) is 69.6 Å². The van der Waals surface area contributed by atoms with Gasteiger partial charge in [-0.25, -0.2) is 9.97 Å². The molecule has 27 heavy (non-hydrogen) atoms. The van der Waals surface area contributed by atoms with E-state index in [4.69, 9.17) is 0 Å². The lowest BCUT2D eigenvalue weighted by Gasteiger charge is -2.34. The Morgan fingerprint density at radius 1 is 0.889 bits per heavy atom. The second-order valence-electron chi connectivity index (χ2n) is 6.88. The summed E-state index contributed by atoms with van der Waals surface area (Å²) < 4.78 is 0. The van der Waals surface area contributed by atoms with Crippen molar-refractivity contribution >= 4 is 23.5 Å². The molecule has 1 aromatic heterocycles. The average Bonchev–Trinajstić information content (AvgIpc) is 2.74. The predicted molar refractivity (Wildman–Crippen MR) is 103 cm³/mol. The fourth-order valence-corrected chi connectivity index (χ4v) is 3.61. The van der Waals surface area contributed by atoms with E-state index in [9.17, 15) is 9.59 Å². The van der Waals surface area contributed by atoms with Crippen LogP contribution in [0.15, 0.2) is 42.7 Å². The quantitative estimate of drug-likeness (QED) is 0.832. The van der Waals surface area contributed by atoms with Crippen molar-refractivity contribution in [1.29, 1.82) is 0 Å². The zero-order valence-electron chi connectivity index (χ0n) is 15.3. The highest BCUT2D eigenvalue weighted by Crippen LogP contribution is 2.22. The van der Waals surface area contributed by atoms with Crippen LogP contribution < -0.4 is 9.80 Å². The average molecular weight is 365 g/mol. The van der Waals surface area contributed by atoms with E-state index in [0.29, 0.717) is 31.0 Å². The first-order valence-electron chi connectivity index (χ1n) is 9.44. The maximum atomic E-state index is 12.8. The summed E-state index contributed by atoms with van der Waals surface area (Å²) >= 11 is 0. The van der Waals surface area contributed by atoms with Crippen molar-refractivity contribution in [2.24, 2.45) is 0 Å². The summed E-state index contributed by atoms with van der Waals surface area (Å²) in [6.07, 6.45) is 6.06. The van der Waals surface area contributed by atoms with Crippen molar-refractivity contribution in [2.75, 3.05) is 42.5 Å². The fraction of sp³-hybridized carbons (Fsp3) is 0.400. The molecule has 0 radical (unpaired) electrons. The van der Waals surface area contributed by atoms with Crippen LogP contribution in [0, 0.1) is 0 Å². The molecule has 2 aromatic rings. The number of piperazine rings is 1. The highest BCUT2D eigenvalue weighted by Gasteiger charge is 2.24. The summed E-state index contributed by atoms with van der Waals surface area (Å²) in [6.45, 7) is 3.48. The van der Waals surface area contributed by atoms with Crippen molar-refractivity contribution in [2.45, 2.75) is 19.3 Å². The van der Waals surface area contributed by atoms with Gasteiger partial charge in [0.25, 0.3) is 5.91 Å². The molecular formula is C20H23N5O2. The monoisotopic (exact) mass is 365 g/mol. The molecule has 2 saturated heterocycles. The molecule has 0 bridgehead atoms. The van der Waals surface area contributed by atoms with Crippen LogP contribution in [0.5, 0.6) is 0 Å². The molecule has 3 heterocycles. The smallest absolute Gasteiger partial charge is 0.253 e. The largest absolute Gasteiger partial charge is 0.337 e. The maximum Gasteiger partial charge on any atom is 0.253 e. The van der Waals surface area contributed by atoms with E-state index in [1.54, 1.807) is 18.5 Å². The number of rotatable bonds is 3. The molecule has 0 unspecified atom stereocenters. The first kappa shape index (κ1) is 17.5. The van der Waals surface area contributed by atoms with Gasteiger partial charge in [-0.15, -0.1) is 0 Å². The molecule has 2 aliphatic heterocycles. The van der Waals surface area contributed by atoms with Crippen LogP contribution in [0.25, 0.3) is 0 Å². The molecule has 140 valence electrons. The minimum absolute atomic E-state index is 0.0279. The second-order valence-corrected chi connectivity index (χ2v) is 6.88. The van der Waals surface area contributed by atoms with Gasteiger partial charge in [0.15, 0.2) is 0 Å². The van der Waals surface area contributed by atoms with Crippen LogP contribution >= 0.6 is 0 Å². The molecular weight excluding hydrogens is 342 g/mol. The number of amides is 2. The van der Waals surface area contributed by atoms with E-state index in [1.165, 1.54) is 0 Å². The van der Waals surface area contributed by atoms with E-state index in [2.05, 4.69) is 14.9 Å². The van der Waals surface area contributed by atoms with Gasteiger partial charge in [-0.1, -0.05) is 0 Å². The van der Waals surface area contributed by atoms with Gasteiger partial charge in [-0.3, -0.25) is 9.59 Å². The molecule has 0 aliphatic carbocycles. The molecule has 2 amide bonds. The second kappa shape index (κ2) is 7.73. The third-order valence-corrected chi connectivity index (χ3v) is 5.15. The van der Waals surface area contributed by atoms with Crippen molar-refractivity contribution in [3.05, 3.63) is 48.3 Å². The Morgan fingerprint density at radius 2 is 1.59 bits per heavy atom. The first-order valence-corrected chi connectivity index (χ1v) is 9.44. The number of carbonyl (C=O) groups excluding carboxylic acids is 2. The van der Waals surface area contributed by atoms with Crippen molar-refractivity contribution in [1.82, 2.24) is 14.9 Å². The number of piperidine rings is 1. The van der Waals surface area contributed by atoms with E-state index in [-0.39, 0.29) is 11.8 Å². The Hall–Kier alpha value is -2.96. The number of aromatic nitrogens is 2. The van der Waals surface area contributed by atoms with Crippen molar-refractivity contribution in [3.63, 3.8) is 0 Å². The first-order chi connectivity index (χ1) is 13.2. The Bertz CT molecular complexity index is 801. The van der Waals surface area contributed by atoms with Gasteiger partial charge in [0.05, 0.1) is 0 Å². The molecule has 0 N–H and O–H groups in total. The van der Waals surface area contributed by atoms with E-state index >= 15 is 0 Å². The highest BCUT2D eigenvalue weighted by atomic mass is 16.2. The van der Waals surface area contributed by atoms with Crippen LogP contribution in [0.1, 0.15) is 29.6 Å². The Morgan fingerprint density at radius 3 is 2.26 bits per heavy atom. The van der Waals surface area contributed by atoms with Gasteiger partial charge in [0.2, 0.25) is 11.9 Å². The minimum Gasteiger partial charge on any atom is -0.337 e. The fourth-order valence-electron chi connectivity index (χ4n) is 3.61. The SMILES string of the molecule is O=C(c1ccc(N2CCCCC2=O)cc1)N1CCN(c2ncccn2)CC1. The number of hydrogen-bond donors (Lipinski definition) is 0. The molecule has 0 spiro atoms. The summed E-state index contributed by atoms with van der Waals surface area (Å²) in [6, 6.07) is 9.21. The maximum absolute atomic E-state index is 12.8. The van der Waals surface area contributed by atoms with Crippen LogP contribution in [0.2, 0.25) is 0 Å². The van der Waals surface area contributed by atoms with Gasteiger partial charge in [-0.05, 0) is 43.2 Å². The van der Waals surface area contributed by atoms with Crippen LogP contribution in [-0.2, 0) is 4.79 Å². The zero-order valence-corrected chi connectivity index (χ0v) is 15.3. The standard InChI is InChI=1S/C20H23N5O2/c26-18-4-1-2-11-25(18)17-7-5-16(6-8-17)19(27)23-12-14-24(15-13-23)20-21-9-3-10-22-20/h3,5-10H,1-2,4,11-15H2. The van der Waals surface area contributed by atoms with E-state index in [1.807, 2.05) is 34.1 Å². The predicted octanol–water partition coefficient (Wildman–Crippen LogP) is 1.96. The van der Waals surface area contributed by atoms with Gasteiger partial charge < -0.3 is 14.7 Å². The van der Waals surface area contributed by atoms with E-state index in [0.717, 1.165) is 38.2 Å². The summed E-state index contributed by atoms with van der Waals surface area (Å²) in [5.74, 6) is 0.903. The van der Waals surface area contributed by atoms with Crippen molar-refractivity contribution in [3.8, 4) is 0 Å². The number of hydrogen-bond acceptors (Lipinski definition) is 5. The molecule has 2 aliphatic rings. The minimum atomic E-state index is 0.0279. The summed E-state index contributed by atoms with van der Waals surface area (Å²) in [5.41, 5.74) is 1.54. The Labute approximate surface area is 158 Å². The lowest BCUT2D eigenvalue weighted by molar-refractivity contribution is -0.119. The third kappa shape index (κ3) is 3.77. The number of nitrogens with zero attached hydrogens (tertiary/aromatic N) is 5. The van der Waals surface area contributed by atoms with Crippen LogP contribution in [0.3, 0.4) is 0 Å². The number of anilines is 2. The number of carbonyl (C=O) groups is 2. The third-order valence-electron chi connectivity index (χ3n) is 5.15. The molecule has 1 aromatic carbocycles. The normalized spacial score (nSPS) is 17.9. The molecule has 2 fully saturated rings. The summed E-state index contributed by atoms with van der Waals surface area (Å²) in [7, 11) is 0. The lowest BCUT2D eigenvalue weighted by Crippen LogP contribution is -2.49. The van der Waals surface area contributed by atoms with Crippen LogP contribution in [0.4, 0.5) is 11.6 Å². The lowest BCUT2D eigenvalue weighted by atomic mass is 10.1. The molecule has 7 nitrogen and oxygen atoms in total. The van der Waals surface area contributed by atoms with Gasteiger partial charge in [-0.2, -0.15) is 0 Å². The highest BCUT2D eigenvalue weighted by molar-refractivity contribution is 5.97.